The third-order valence-electron chi connectivity index (χ3n) is 7.50. The molecule has 19 heteroatoms. The number of rotatable bonds is 4. The van der Waals surface area contributed by atoms with Crippen LogP contribution in [-0.4, -0.2) is 57.1 Å². The lowest BCUT2D eigenvalue weighted by Crippen LogP contribution is -2.27. The van der Waals surface area contributed by atoms with E-state index in [0.29, 0.717) is 57.2 Å². The Balaban J connectivity index is 0.000000606. The molecule has 0 saturated heterocycles. The molecule has 0 fully saturated rings. The second-order valence-corrected chi connectivity index (χ2v) is 11.8. The standard InChI is InChI=1S/C28H23ClF2N8O2S.C2HF3O2/c1-15-3-2-4-24(21-9-16(7-8-32-21)26-22(35-27(15)41)12-34-39(26)28(30)31)38-14-33-20(11-25(38)40)19-10-17(29)5-6-18(19)23-13-42-37-36-23;3-2(4,5)1(6)7/h5-15,24,28H,2-4H2,1H3,(H,35,41);(H,6,7)/t15-,24+;/m1./s1. The largest absolute Gasteiger partial charge is 0.490 e. The average molecular weight is 723 g/mol. The number of halogens is 6. The minimum Gasteiger partial charge on any atom is -0.475 e. The van der Waals surface area contributed by atoms with Crippen LogP contribution < -0.4 is 10.9 Å². The van der Waals surface area contributed by atoms with Crippen molar-refractivity contribution in [1.82, 2.24) is 33.9 Å². The molecule has 0 unspecified atom stereocenters. The van der Waals surface area contributed by atoms with Gasteiger partial charge in [-0.25, -0.2) is 14.5 Å². The molecule has 2 N–H and O–H groups in total. The van der Waals surface area contributed by atoms with Crippen LogP contribution in [-0.2, 0) is 9.59 Å². The number of aromatic nitrogens is 7. The molecule has 1 amide bonds. The zero-order valence-corrected chi connectivity index (χ0v) is 26.7. The van der Waals surface area contributed by atoms with Gasteiger partial charge in [-0.15, -0.1) is 5.10 Å². The number of alkyl halides is 5. The molecule has 2 bridgehead atoms. The molecule has 4 aromatic heterocycles. The number of nitrogens with zero attached hydrogens (tertiary/aromatic N) is 7. The number of pyridine rings is 1. The molecular formula is C30H24ClF5N8O4S. The number of anilines is 1. The summed E-state index contributed by atoms with van der Waals surface area (Å²) in [5.74, 6) is -3.46. The maximum Gasteiger partial charge on any atom is 0.490 e. The van der Waals surface area contributed by atoms with E-state index in [0.717, 1.165) is 5.56 Å². The van der Waals surface area contributed by atoms with E-state index in [-0.39, 0.29) is 22.8 Å². The van der Waals surface area contributed by atoms with E-state index in [4.69, 9.17) is 21.5 Å². The lowest BCUT2D eigenvalue weighted by atomic mass is 9.97. The van der Waals surface area contributed by atoms with Crippen LogP contribution >= 0.6 is 23.1 Å². The Kier molecular flexibility index (Phi) is 10.5. The van der Waals surface area contributed by atoms with Crippen molar-refractivity contribution in [2.24, 2.45) is 5.92 Å². The molecule has 6 rings (SSSR count). The first-order valence-electron chi connectivity index (χ1n) is 14.3. The van der Waals surface area contributed by atoms with Crippen LogP contribution in [0.3, 0.4) is 0 Å². The molecule has 12 nitrogen and oxygen atoms in total. The van der Waals surface area contributed by atoms with Crippen molar-refractivity contribution in [3.63, 3.8) is 0 Å². The monoisotopic (exact) mass is 722 g/mol. The highest BCUT2D eigenvalue weighted by molar-refractivity contribution is 7.03. The molecule has 256 valence electrons. The molecule has 1 aliphatic heterocycles. The number of amides is 1. The smallest absolute Gasteiger partial charge is 0.475 e. The first-order valence-corrected chi connectivity index (χ1v) is 15.5. The Morgan fingerprint density at radius 3 is 2.49 bits per heavy atom. The van der Waals surface area contributed by atoms with Gasteiger partial charge in [0.05, 0.1) is 41.3 Å². The molecule has 49 heavy (non-hydrogen) atoms. The van der Waals surface area contributed by atoms with Crippen molar-refractivity contribution in [3.05, 3.63) is 81.6 Å². The summed E-state index contributed by atoms with van der Waals surface area (Å²) in [7, 11) is 0. The third-order valence-corrected chi connectivity index (χ3v) is 8.24. The molecule has 0 radical (unpaired) electrons. The number of carbonyl (C=O) groups excluding carboxylic acids is 1. The fourth-order valence-corrected chi connectivity index (χ4v) is 5.75. The van der Waals surface area contributed by atoms with E-state index < -0.39 is 30.7 Å². The van der Waals surface area contributed by atoms with Crippen molar-refractivity contribution < 1.29 is 36.6 Å². The van der Waals surface area contributed by atoms with Gasteiger partial charge in [0.25, 0.3) is 5.56 Å². The van der Waals surface area contributed by atoms with E-state index in [2.05, 4.69) is 30.0 Å². The van der Waals surface area contributed by atoms with Gasteiger partial charge in [0.1, 0.15) is 5.69 Å². The molecule has 0 aliphatic carbocycles. The van der Waals surface area contributed by atoms with Gasteiger partial charge >= 0.3 is 18.7 Å². The van der Waals surface area contributed by atoms with Crippen molar-refractivity contribution in [2.75, 3.05) is 5.32 Å². The van der Waals surface area contributed by atoms with Gasteiger partial charge in [0.2, 0.25) is 5.91 Å². The number of benzene rings is 1. The summed E-state index contributed by atoms with van der Waals surface area (Å²) in [6.45, 7) is -1.16. The Morgan fingerprint density at radius 1 is 1.08 bits per heavy atom. The van der Waals surface area contributed by atoms with E-state index in [1.165, 1.54) is 40.9 Å². The lowest BCUT2D eigenvalue weighted by molar-refractivity contribution is -0.192. The first-order chi connectivity index (χ1) is 23.2. The topological polar surface area (TPSA) is 158 Å². The Bertz CT molecular complexity index is 2040. The summed E-state index contributed by atoms with van der Waals surface area (Å²) in [6.07, 6.45) is 0.647. The number of carbonyl (C=O) groups is 2. The van der Waals surface area contributed by atoms with Gasteiger partial charge in [0.15, 0.2) is 0 Å². The van der Waals surface area contributed by atoms with Gasteiger partial charge in [-0.05, 0) is 48.6 Å². The number of hydrogen-bond donors (Lipinski definition) is 2. The van der Waals surface area contributed by atoms with Gasteiger partial charge in [0, 0.05) is 45.3 Å². The summed E-state index contributed by atoms with van der Waals surface area (Å²) >= 11 is 7.50. The molecule has 1 aliphatic rings. The van der Waals surface area contributed by atoms with E-state index in [9.17, 15) is 31.5 Å². The lowest BCUT2D eigenvalue weighted by Gasteiger charge is -2.22. The first kappa shape index (κ1) is 35.2. The SMILES string of the molecule is C[C@@H]1CCC[C@H](n2cnc(-c3cc(Cl)ccc3-c3csnn3)cc2=O)c2cc(ccn2)-c2c(cnn2C(F)F)NC1=O.O=C(O)C(F)(F)F. The van der Waals surface area contributed by atoms with Crippen molar-refractivity contribution in [1.29, 1.82) is 0 Å². The Morgan fingerprint density at radius 2 is 1.84 bits per heavy atom. The fourth-order valence-electron chi connectivity index (χ4n) is 5.13. The van der Waals surface area contributed by atoms with Crippen LogP contribution in [0.5, 0.6) is 0 Å². The highest BCUT2D eigenvalue weighted by atomic mass is 35.5. The molecule has 0 spiro atoms. The summed E-state index contributed by atoms with van der Waals surface area (Å²) < 4.78 is 65.5. The Hall–Kier alpha value is -5.10. The highest BCUT2D eigenvalue weighted by Gasteiger charge is 2.38. The number of fused-ring (bicyclic) bond motifs is 4. The van der Waals surface area contributed by atoms with Crippen LogP contribution in [0.15, 0.2) is 65.3 Å². The minimum atomic E-state index is -5.08. The summed E-state index contributed by atoms with van der Waals surface area (Å²) in [6, 6.07) is 9.33. The van der Waals surface area contributed by atoms with Crippen LogP contribution in [0.4, 0.5) is 27.6 Å². The predicted octanol–water partition coefficient (Wildman–Crippen LogP) is 6.72. The van der Waals surface area contributed by atoms with E-state index in [1.807, 2.05) is 0 Å². The van der Waals surface area contributed by atoms with Crippen molar-refractivity contribution in [2.45, 2.75) is 45.0 Å². The molecule has 0 saturated carbocycles. The number of nitrogens with one attached hydrogen (secondary N) is 1. The number of carboxylic acid groups (broad SMARTS) is 1. The van der Waals surface area contributed by atoms with Gasteiger partial charge < -0.3 is 10.4 Å². The summed E-state index contributed by atoms with van der Waals surface area (Å²) in [5, 5.41) is 20.1. The van der Waals surface area contributed by atoms with Crippen LogP contribution in [0, 0.1) is 5.92 Å². The number of hydrogen-bond acceptors (Lipinski definition) is 9. The molecular weight excluding hydrogens is 699 g/mol. The zero-order valence-electron chi connectivity index (χ0n) is 25.1. The van der Waals surface area contributed by atoms with Crippen LogP contribution in [0.1, 0.15) is 44.5 Å². The fraction of sp³-hybridized carbons (Fsp3) is 0.267. The molecule has 5 heterocycles. The summed E-state index contributed by atoms with van der Waals surface area (Å²) in [5.41, 5.74) is 3.18. The minimum absolute atomic E-state index is 0.0550. The van der Waals surface area contributed by atoms with E-state index >= 15 is 0 Å². The normalized spacial score (nSPS) is 16.4. The highest BCUT2D eigenvalue weighted by Crippen LogP contribution is 2.36. The van der Waals surface area contributed by atoms with Crippen molar-refractivity contribution >= 4 is 40.7 Å². The second kappa shape index (κ2) is 14.6. The van der Waals surface area contributed by atoms with E-state index in [1.54, 1.807) is 42.6 Å². The maximum atomic E-state index is 13.9. The van der Waals surface area contributed by atoms with Gasteiger partial charge in [-0.3, -0.25) is 19.1 Å². The molecule has 1 aromatic carbocycles. The van der Waals surface area contributed by atoms with Gasteiger partial charge in [-0.2, -0.15) is 27.1 Å². The quantitative estimate of drug-likeness (QED) is 0.192. The second-order valence-electron chi connectivity index (χ2n) is 10.7. The maximum absolute atomic E-state index is 13.9. The van der Waals surface area contributed by atoms with Crippen LogP contribution in [0.25, 0.3) is 33.8 Å². The Labute approximate surface area is 282 Å². The number of carboxylic acids is 1. The molecule has 2 atom stereocenters. The van der Waals surface area contributed by atoms with Crippen molar-refractivity contribution in [3.8, 4) is 33.8 Å². The van der Waals surface area contributed by atoms with Gasteiger partial charge in [-0.1, -0.05) is 35.5 Å². The van der Waals surface area contributed by atoms with Crippen LogP contribution in [0.2, 0.25) is 5.02 Å². The third kappa shape index (κ3) is 7.97. The average Bonchev–Trinajstić information content (AvgIpc) is 3.74. The predicted molar refractivity (Wildman–Crippen MR) is 168 cm³/mol. The number of aliphatic carboxylic acids is 1. The molecule has 5 aromatic rings. The zero-order chi connectivity index (χ0) is 35.5. The summed E-state index contributed by atoms with van der Waals surface area (Å²) in [4.78, 5) is 44.5.